The Morgan fingerprint density at radius 2 is 1.55 bits per heavy atom. The highest BCUT2D eigenvalue weighted by Gasteiger charge is 2.09. The molecule has 0 aromatic heterocycles. The van der Waals surface area contributed by atoms with Gasteiger partial charge >= 0.3 is 0 Å². The molecule has 0 aliphatic carbocycles. The molecule has 0 bridgehead atoms. The summed E-state index contributed by atoms with van der Waals surface area (Å²) < 4.78 is 11.2. The van der Waals surface area contributed by atoms with Crippen molar-refractivity contribution in [1.82, 2.24) is 0 Å². The van der Waals surface area contributed by atoms with Gasteiger partial charge in [0, 0.05) is 6.42 Å². The molecule has 0 aliphatic rings. The van der Waals surface area contributed by atoms with E-state index in [1.54, 1.807) is 6.07 Å². The average Bonchev–Trinajstić information content (AvgIpc) is 2.52. The predicted molar refractivity (Wildman–Crippen MR) is 78.5 cm³/mol. The molecule has 0 atom stereocenters. The van der Waals surface area contributed by atoms with Crippen molar-refractivity contribution in [3.63, 3.8) is 0 Å². The van der Waals surface area contributed by atoms with Crippen molar-refractivity contribution >= 4 is 5.78 Å². The first-order valence-electron chi connectivity index (χ1n) is 6.74. The summed E-state index contributed by atoms with van der Waals surface area (Å²) in [7, 11) is 0. The molecular formula is C17H18O3. The van der Waals surface area contributed by atoms with Crippen LogP contribution in [0, 0.1) is 0 Å². The van der Waals surface area contributed by atoms with Gasteiger partial charge in [0.2, 0.25) is 0 Å². The van der Waals surface area contributed by atoms with Crippen LogP contribution in [0.3, 0.4) is 0 Å². The van der Waals surface area contributed by atoms with Crippen molar-refractivity contribution in [2.75, 3.05) is 13.2 Å². The first-order valence-corrected chi connectivity index (χ1v) is 6.74. The first-order chi connectivity index (χ1) is 9.81. The normalized spacial score (nSPS) is 10.1. The summed E-state index contributed by atoms with van der Waals surface area (Å²) in [5.74, 6) is 1.52. The van der Waals surface area contributed by atoms with Crippen molar-refractivity contribution < 1.29 is 14.3 Å². The molecule has 0 saturated carbocycles. The van der Waals surface area contributed by atoms with E-state index in [1.165, 1.54) is 0 Å². The van der Waals surface area contributed by atoms with Gasteiger partial charge in [-0.3, -0.25) is 4.79 Å². The number of rotatable bonds is 7. The van der Waals surface area contributed by atoms with E-state index < -0.39 is 0 Å². The zero-order valence-electron chi connectivity index (χ0n) is 11.5. The summed E-state index contributed by atoms with van der Waals surface area (Å²) in [4.78, 5) is 11.8. The standard InChI is InChI=1S/C17H18O3/c1-2-16(18)15-10-6-7-11-17(15)20-13-12-19-14-8-4-3-5-9-14/h3-11H,2,12-13H2,1H3. The Kier molecular flexibility index (Phi) is 5.18. The molecular weight excluding hydrogens is 252 g/mol. The van der Waals surface area contributed by atoms with E-state index in [1.807, 2.05) is 55.5 Å². The monoisotopic (exact) mass is 270 g/mol. The molecule has 0 amide bonds. The van der Waals surface area contributed by atoms with Crippen molar-refractivity contribution in [2.45, 2.75) is 13.3 Å². The van der Waals surface area contributed by atoms with Gasteiger partial charge in [0.05, 0.1) is 5.56 Å². The van der Waals surface area contributed by atoms with Gasteiger partial charge in [-0.2, -0.15) is 0 Å². The smallest absolute Gasteiger partial charge is 0.166 e. The van der Waals surface area contributed by atoms with Crippen molar-refractivity contribution in [2.24, 2.45) is 0 Å². The van der Waals surface area contributed by atoms with Crippen molar-refractivity contribution in [1.29, 1.82) is 0 Å². The number of benzene rings is 2. The highest BCUT2D eigenvalue weighted by molar-refractivity contribution is 5.98. The van der Waals surface area contributed by atoms with Crippen LogP contribution < -0.4 is 9.47 Å². The summed E-state index contributed by atoms with van der Waals surface area (Å²) in [6, 6.07) is 16.9. The largest absolute Gasteiger partial charge is 0.490 e. The van der Waals surface area contributed by atoms with Gasteiger partial charge in [-0.25, -0.2) is 0 Å². The lowest BCUT2D eigenvalue weighted by atomic mass is 10.1. The Hall–Kier alpha value is -2.29. The maximum Gasteiger partial charge on any atom is 0.166 e. The molecule has 0 spiro atoms. The molecule has 0 unspecified atom stereocenters. The van der Waals surface area contributed by atoms with Crippen LogP contribution in [0.4, 0.5) is 0 Å². The number of carbonyl (C=O) groups excluding carboxylic acids is 1. The van der Waals surface area contributed by atoms with Gasteiger partial charge in [0.25, 0.3) is 0 Å². The fourth-order valence-corrected chi connectivity index (χ4v) is 1.84. The van der Waals surface area contributed by atoms with Gasteiger partial charge in [-0.15, -0.1) is 0 Å². The highest BCUT2D eigenvalue weighted by atomic mass is 16.5. The lowest BCUT2D eigenvalue weighted by molar-refractivity contribution is 0.0983. The Bertz CT molecular complexity index is 549. The number of carbonyl (C=O) groups is 1. The van der Waals surface area contributed by atoms with Gasteiger partial charge in [0.1, 0.15) is 24.7 Å². The van der Waals surface area contributed by atoms with Gasteiger partial charge in [0.15, 0.2) is 5.78 Å². The molecule has 3 nitrogen and oxygen atoms in total. The molecule has 104 valence electrons. The molecule has 2 aromatic carbocycles. The number of para-hydroxylation sites is 2. The second kappa shape index (κ2) is 7.34. The van der Waals surface area contributed by atoms with Crippen LogP contribution in [0.15, 0.2) is 54.6 Å². The lowest BCUT2D eigenvalue weighted by Crippen LogP contribution is -2.11. The van der Waals surface area contributed by atoms with Crippen molar-refractivity contribution in [3.05, 3.63) is 60.2 Å². The van der Waals surface area contributed by atoms with Crippen LogP contribution in [0.5, 0.6) is 11.5 Å². The molecule has 0 fully saturated rings. The zero-order chi connectivity index (χ0) is 14.2. The molecule has 2 rings (SSSR count). The van der Waals surface area contributed by atoms with Gasteiger partial charge in [-0.05, 0) is 24.3 Å². The van der Waals surface area contributed by atoms with E-state index in [4.69, 9.17) is 9.47 Å². The van der Waals surface area contributed by atoms with Crippen LogP contribution in [-0.2, 0) is 0 Å². The minimum absolute atomic E-state index is 0.0876. The zero-order valence-corrected chi connectivity index (χ0v) is 11.5. The second-order valence-corrected chi connectivity index (χ2v) is 4.28. The molecule has 0 radical (unpaired) electrons. The summed E-state index contributed by atoms with van der Waals surface area (Å²) in [5, 5.41) is 0. The topological polar surface area (TPSA) is 35.5 Å². The number of hydrogen-bond donors (Lipinski definition) is 0. The van der Waals surface area contributed by atoms with E-state index in [0.29, 0.717) is 30.9 Å². The van der Waals surface area contributed by atoms with Crippen LogP contribution in [-0.4, -0.2) is 19.0 Å². The average molecular weight is 270 g/mol. The number of Topliss-reactive ketones (excluding diaryl/α,β-unsaturated/α-hetero) is 1. The van der Waals surface area contributed by atoms with Gasteiger partial charge in [-0.1, -0.05) is 37.3 Å². The Morgan fingerprint density at radius 3 is 2.30 bits per heavy atom. The number of ether oxygens (including phenoxy) is 2. The molecule has 3 heteroatoms. The molecule has 0 aliphatic heterocycles. The van der Waals surface area contributed by atoms with Crippen LogP contribution >= 0.6 is 0 Å². The molecule has 0 heterocycles. The van der Waals surface area contributed by atoms with E-state index in [9.17, 15) is 4.79 Å². The predicted octanol–water partition coefficient (Wildman–Crippen LogP) is 3.74. The molecule has 0 N–H and O–H groups in total. The maximum absolute atomic E-state index is 11.8. The second-order valence-electron chi connectivity index (χ2n) is 4.28. The lowest BCUT2D eigenvalue weighted by Gasteiger charge is -2.11. The fraction of sp³-hybridized carbons (Fsp3) is 0.235. The molecule has 0 saturated heterocycles. The van der Waals surface area contributed by atoms with E-state index >= 15 is 0 Å². The Labute approximate surface area is 119 Å². The van der Waals surface area contributed by atoms with Crippen LogP contribution in [0.2, 0.25) is 0 Å². The first kappa shape index (κ1) is 14.1. The Balaban J connectivity index is 1.87. The summed E-state index contributed by atoms with van der Waals surface area (Å²) in [6.45, 7) is 2.69. The summed E-state index contributed by atoms with van der Waals surface area (Å²) in [6.07, 6.45) is 0.473. The summed E-state index contributed by atoms with van der Waals surface area (Å²) in [5.41, 5.74) is 0.634. The third kappa shape index (κ3) is 3.85. The summed E-state index contributed by atoms with van der Waals surface area (Å²) >= 11 is 0. The minimum atomic E-state index is 0.0876. The Morgan fingerprint density at radius 1 is 0.900 bits per heavy atom. The highest BCUT2D eigenvalue weighted by Crippen LogP contribution is 2.19. The third-order valence-corrected chi connectivity index (χ3v) is 2.86. The molecule has 2 aromatic rings. The van der Waals surface area contributed by atoms with Crippen LogP contribution in [0.25, 0.3) is 0 Å². The minimum Gasteiger partial charge on any atom is -0.490 e. The maximum atomic E-state index is 11.8. The quantitative estimate of drug-likeness (QED) is 0.568. The third-order valence-electron chi connectivity index (χ3n) is 2.86. The number of ketones is 1. The van der Waals surface area contributed by atoms with E-state index in [0.717, 1.165) is 5.75 Å². The fourth-order valence-electron chi connectivity index (χ4n) is 1.84. The van der Waals surface area contributed by atoms with Crippen LogP contribution in [0.1, 0.15) is 23.7 Å². The van der Waals surface area contributed by atoms with Gasteiger partial charge < -0.3 is 9.47 Å². The number of hydrogen-bond acceptors (Lipinski definition) is 3. The van der Waals surface area contributed by atoms with Crippen molar-refractivity contribution in [3.8, 4) is 11.5 Å². The van der Waals surface area contributed by atoms with E-state index in [2.05, 4.69) is 0 Å². The SMILES string of the molecule is CCC(=O)c1ccccc1OCCOc1ccccc1. The van der Waals surface area contributed by atoms with E-state index in [-0.39, 0.29) is 5.78 Å². The molecule has 20 heavy (non-hydrogen) atoms.